The quantitative estimate of drug-likeness (QED) is 0.721. The van der Waals surface area contributed by atoms with Crippen LogP contribution in [0.2, 0.25) is 0 Å². The van der Waals surface area contributed by atoms with Crippen LogP contribution in [-0.2, 0) is 9.59 Å². The highest BCUT2D eigenvalue weighted by atomic mass is 16.4. The van der Waals surface area contributed by atoms with Crippen molar-refractivity contribution in [2.75, 3.05) is 6.54 Å². The van der Waals surface area contributed by atoms with Gasteiger partial charge in [-0.05, 0) is 32.7 Å². The predicted octanol–water partition coefficient (Wildman–Crippen LogP) is 0.580. The van der Waals surface area contributed by atoms with E-state index in [1.54, 1.807) is 0 Å². The highest BCUT2D eigenvalue weighted by Crippen LogP contribution is 2.21. The molecule has 1 heterocycles. The van der Waals surface area contributed by atoms with E-state index >= 15 is 0 Å². The third kappa shape index (κ3) is 3.48. The van der Waals surface area contributed by atoms with E-state index in [2.05, 4.69) is 4.90 Å². The fourth-order valence-electron chi connectivity index (χ4n) is 2.29. The zero-order valence-corrected chi connectivity index (χ0v) is 9.69. The van der Waals surface area contributed by atoms with Gasteiger partial charge in [0.15, 0.2) is 0 Å². The number of primary amides is 1. The van der Waals surface area contributed by atoms with Gasteiger partial charge in [-0.1, -0.05) is 6.42 Å². The van der Waals surface area contributed by atoms with E-state index < -0.39 is 5.97 Å². The van der Waals surface area contributed by atoms with Crippen LogP contribution in [0.3, 0.4) is 0 Å². The Hall–Kier alpha value is -1.10. The van der Waals surface area contributed by atoms with Crippen LogP contribution in [0.5, 0.6) is 0 Å². The van der Waals surface area contributed by atoms with Gasteiger partial charge >= 0.3 is 5.97 Å². The van der Waals surface area contributed by atoms with Crippen molar-refractivity contribution < 1.29 is 14.7 Å². The topological polar surface area (TPSA) is 83.6 Å². The highest BCUT2D eigenvalue weighted by molar-refractivity contribution is 5.80. The van der Waals surface area contributed by atoms with Crippen molar-refractivity contribution in [3.8, 4) is 0 Å². The molecule has 1 aliphatic heterocycles. The van der Waals surface area contributed by atoms with Crippen molar-refractivity contribution in [3.63, 3.8) is 0 Å². The molecule has 1 amide bonds. The molecule has 92 valence electrons. The molecule has 0 aromatic rings. The number of carboxylic acid groups (broad SMARTS) is 1. The average Bonchev–Trinajstić information content (AvgIpc) is 2.25. The minimum Gasteiger partial charge on any atom is -0.481 e. The van der Waals surface area contributed by atoms with Crippen molar-refractivity contribution in [3.05, 3.63) is 0 Å². The molecule has 0 aliphatic carbocycles. The number of amides is 1. The summed E-state index contributed by atoms with van der Waals surface area (Å²) in [5, 5.41) is 8.63. The third-order valence-corrected chi connectivity index (χ3v) is 3.21. The first kappa shape index (κ1) is 13.0. The molecule has 2 atom stereocenters. The number of hydrogen-bond donors (Lipinski definition) is 2. The molecular formula is C11H20N2O3. The second-order valence-corrected chi connectivity index (χ2v) is 4.43. The van der Waals surface area contributed by atoms with Crippen LogP contribution in [0, 0.1) is 0 Å². The summed E-state index contributed by atoms with van der Waals surface area (Å²) in [6.07, 6.45) is 3.59. The zero-order valence-electron chi connectivity index (χ0n) is 9.69. The number of piperidine rings is 1. The van der Waals surface area contributed by atoms with Crippen molar-refractivity contribution in [2.45, 2.75) is 51.1 Å². The molecular weight excluding hydrogens is 208 g/mol. The maximum atomic E-state index is 11.3. The van der Waals surface area contributed by atoms with Gasteiger partial charge in [-0.25, -0.2) is 0 Å². The Morgan fingerprint density at radius 1 is 1.50 bits per heavy atom. The van der Waals surface area contributed by atoms with Gasteiger partial charge in [0.25, 0.3) is 0 Å². The van der Waals surface area contributed by atoms with Crippen LogP contribution in [0.15, 0.2) is 0 Å². The van der Waals surface area contributed by atoms with Crippen molar-refractivity contribution >= 4 is 11.9 Å². The lowest BCUT2D eigenvalue weighted by atomic mass is 9.98. The number of carbonyl (C=O) groups excluding carboxylic acids is 1. The summed E-state index contributed by atoms with van der Waals surface area (Å²) in [5.74, 6) is -1.08. The first-order chi connectivity index (χ1) is 7.52. The standard InChI is InChI=1S/C11H20N2O3/c1-8(5-6-10(14)15)13-7-3-2-4-9(13)11(12)16/h8-9H,2-7H2,1H3,(H2,12,16)(H,14,15). The Labute approximate surface area is 95.6 Å². The number of aliphatic carboxylic acids is 1. The number of carboxylic acids is 1. The summed E-state index contributed by atoms with van der Waals surface area (Å²) in [4.78, 5) is 23.8. The summed E-state index contributed by atoms with van der Waals surface area (Å²) < 4.78 is 0. The number of hydrogen-bond acceptors (Lipinski definition) is 3. The second kappa shape index (κ2) is 5.84. The van der Waals surface area contributed by atoms with E-state index in [1.807, 2.05) is 6.92 Å². The lowest BCUT2D eigenvalue weighted by molar-refractivity contribution is -0.137. The predicted molar refractivity (Wildman–Crippen MR) is 59.9 cm³/mol. The number of nitrogens with two attached hydrogens (primary N) is 1. The van der Waals surface area contributed by atoms with E-state index in [4.69, 9.17) is 10.8 Å². The number of nitrogens with zero attached hydrogens (tertiary/aromatic N) is 1. The van der Waals surface area contributed by atoms with Crippen LogP contribution in [0.4, 0.5) is 0 Å². The molecule has 0 radical (unpaired) electrons. The van der Waals surface area contributed by atoms with E-state index in [1.165, 1.54) is 0 Å². The Kier molecular flexibility index (Phi) is 4.73. The Balaban J connectivity index is 2.53. The summed E-state index contributed by atoms with van der Waals surface area (Å²) in [5.41, 5.74) is 5.35. The lowest BCUT2D eigenvalue weighted by Crippen LogP contribution is -2.51. The smallest absolute Gasteiger partial charge is 0.303 e. The first-order valence-electron chi connectivity index (χ1n) is 5.79. The molecule has 1 saturated heterocycles. The van der Waals surface area contributed by atoms with E-state index in [0.29, 0.717) is 6.42 Å². The molecule has 5 heteroatoms. The fraction of sp³-hybridized carbons (Fsp3) is 0.818. The van der Waals surface area contributed by atoms with E-state index in [-0.39, 0.29) is 24.4 Å². The molecule has 0 saturated carbocycles. The molecule has 0 bridgehead atoms. The monoisotopic (exact) mass is 228 g/mol. The van der Waals surface area contributed by atoms with Crippen LogP contribution in [0.25, 0.3) is 0 Å². The van der Waals surface area contributed by atoms with Crippen LogP contribution >= 0.6 is 0 Å². The SMILES string of the molecule is CC(CCC(=O)O)N1CCCCC1C(N)=O. The molecule has 1 aliphatic rings. The van der Waals surface area contributed by atoms with Gasteiger partial charge in [-0.2, -0.15) is 0 Å². The van der Waals surface area contributed by atoms with Gasteiger partial charge in [-0.15, -0.1) is 0 Å². The zero-order chi connectivity index (χ0) is 12.1. The van der Waals surface area contributed by atoms with E-state index in [0.717, 1.165) is 25.8 Å². The van der Waals surface area contributed by atoms with Crippen LogP contribution < -0.4 is 5.73 Å². The van der Waals surface area contributed by atoms with Crippen LogP contribution in [-0.4, -0.2) is 40.5 Å². The van der Waals surface area contributed by atoms with E-state index in [9.17, 15) is 9.59 Å². The number of rotatable bonds is 5. The minimum absolute atomic E-state index is 0.105. The highest BCUT2D eigenvalue weighted by Gasteiger charge is 2.30. The lowest BCUT2D eigenvalue weighted by Gasteiger charge is -2.38. The van der Waals surface area contributed by atoms with Gasteiger partial charge in [0.2, 0.25) is 5.91 Å². The summed E-state index contributed by atoms with van der Waals surface area (Å²) >= 11 is 0. The Morgan fingerprint density at radius 3 is 2.75 bits per heavy atom. The van der Waals surface area contributed by atoms with Gasteiger partial charge in [-0.3, -0.25) is 14.5 Å². The first-order valence-corrected chi connectivity index (χ1v) is 5.79. The summed E-state index contributed by atoms with van der Waals surface area (Å²) in [6, 6.07) is -0.105. The largest absolute Gasteiger partial charge is 0.481 e. The number of carbonyl (C=O) groups is 2. The van der Waals surface area contributed by atoms with Crippen molar-refractivity contribution in [2.24, 2.45) is 5.73 Å². The van der Waals surface area contributed by atoms with Gasteiger partial charge in [0.05, 0.1) is 6.04 Å². The second-order valence-electron chi connectivity index (χ2n) is 4.43. The van der Waals surface area contributed by atoms with Crippen molar-refractivity contribution in [1.82, 2.24) is 4.90 Å². The van der Waals surface area contributed by atoms with Gasteiger partial charge in [0, 0.05) is 12.5 Å². The van der Waals surface area contributed by atoms with Crippen molar-refractivity contribution in [1.29, 1.82) is 0 Å². The fourth-order valence-corrected chi connectivity index (χ4v) is 2.29. The normalized spacial score (nSPS) is 23.9. The molecule has 5 nitrogen and oxygen atoms in total. The average molecular weight is 228 g/mol. The summed E-state index contributed by atoms with van der Waals surface area (Å²) in [6.45, 7) is 2.80. The Bertz CT molecular complexity index is 268. The third-order valence-electron chi connectivity index (χ3n) is 3.21. The molecule has 1 fully saturated rings. The molecule has 2 unspecified atom stereocenters. The molecule has 0 aromatic heterocycles. The summed E-state index contributed by atoms with van der Waals surface area (Å²) in [7, 11) is 0. The maximum Gasteiger partial charge on any atom is 0.303 e. The molecule has 0 spiro atoms. The van der Waals surface area contributed by atoms with Crippen LogP contribution in [0.1, 0.15) is 39.0 Å². The maximum absolute atomic E-state index is 11.3. The molecule has 1 rings (SSSR count). The number of likely N-dealkylation sites (tertiary alicyclic amines) is 1. The van der Waals surface area contributed by atoms with Gasteiger partial charge < -0.3 is 10.8 Å². The Morgan fingerprint density at radius 2 is 2.19 bits per heavy atom. The molecule has 16 heavy (non-hydrogen) atoms. The van der Waals surface area contributed by atoms with Gasteiger partial charge in [0.1, 0.15) is 0 Å². The minimum atomic E-state index is -0.792. The molecule has 3 N–H and O–H groups in total. The molecule has 0 aromatic carbocycles.